The molecule has 3 nitrogen and oxygen atoms in total. The Balaban J connectivity index is 0. The first-order chi connectivity index (χ1) is 4.18. The Morgan fingerprint density at radius 2 is 2.10 bits per heavy atom. The SMILES string of the molecule is C=C(C)C(=O)OCCC.N. The lowest BCUT2D eigenvalue weighted by molar-refractivity contribution is -0.138. The molecule has 3 heteroatoms. The number of carbonyl (C=O) groups excluding carboxylic acids is 1. The van der Waals surface area contributed by atoms with Gasteiger partial charge >= 0.3 is 5.97 Å². The number of rotatable bonds is 3. The third-order valence-electron chi connectivity index (χ3n) is 0.786. The summed E-state index contributed by atoms with van der Waals surface area (Å²) in [6.45, 7) is 7.51. The molecule has 0 amide bonds. The molecule has 3 N–H and O–H groups in total. The van der Waals surface area contributed by atoms with Gasteiger partial charge in [0.2, 0.25) is 0 Å². The van der Waals surface area contributed by atoms with Crippen molar-refractivity contribution in [1.29, 1.82) is 0 Å². The summed E-state index contributed by atoms with van der Waals surface area (Å²) < 4.78 is 4.71. The van der Waals surface area contributed by atoms with E-state index in [1.807, 2.05) is 6.92 Å². The van der Waals surface area contributed by atoms with Crippen LogP contribution in [0, 0.1) is 0 Å². The molecule has 60 valence electrons. The zero-order chi connectivity index (χ0) is 7.28. The van der Waals surface area contributed by atoms with Crippen LogP contribution in [0.4, 0.5) is 0 Å². The molecule has 10 heavy (non-hydrogen) atoms. The summed E-state index contributed by atoms with van der Waals surface area (Å²) in [6.07, 6.45) is 0.860. The van der Waals surface area contributed by atoms with Crippen LogP contribution in [0.15, 0.2) is 12.2 Å². The maximum absolute atomic E-state index is 10.6. The van der Waals surface area contributed by atoms with Crippen molar-refractivity contribution in [2.45, 2.75) is 20.3 Å². The van der Waals surface area contributed by atoms with Gasteiger partial charge in [-0.05, 0) is 13.3 Å². The minimum Gasteiger partial charge on any atom is -0.462 e. The van der Waals surface area contributed by atoms with Crippen LogP contribution in [0.5, 0.6) is 0 Å². The van der Waals surface area contributed by atoms with Crippen molar-refractivity contribution in [2.24, 2.45) is 0 Å². The Kier molecular flexibility index (Phi) is 7.49. The van der Waals surface area contributed by atoms with Crippen molar-refractivity contribution in [3.05, 3.63) is 12.2 Å². The van der Waals surface area contributed by atoms with E-state index in [9.17, 15) is 4.79 Å². The van der Waals surface area contributed by atoms with Crippen molar-refractivity contribution in [2.75, 3.05) is 6.61 Å². The van der Waals surface area contributed by atoms with Gasteiger partial charge in [-0.1, -0.05) is 13.5 Å². The molecule has 0 aromatic rings. The van der Waals surface area contributed by atoms with Gasteiger partial charge in [0.05, 0.1) is 6.61 Å². The van der Waals surface area contributed by atoms with Crippen LogP contribution < -0.4 is 6.15 Å². The second kappa shape index (κ2) is 6.29. The smallest absolute Gasteiger partial charge is 0.333 e. The third kappa shape index (κ3) is 5.31. The first-order valence-corrected chi connectivity index (χ1v) is 3.01. The molecule has 0 aromatic heterocycles. The Hall–Kier alpha value is -0.830. The van der Waals surface area contributed by atoms with Crippen LogP contribution in [-0.4, -0.2) is 12.6 Å². The number of esters is 1. The van der Waals surface area contributed by atoms with Gasteiger partial charge in [-0.3, -0.25) is 0 Å². The molecule has 0 rings (SSSR count). The fourth-order valence-electron chi connectivity index (χ4n) is 0.318. The summed E-state index contributed by atoms with van der Waals surface area (Å²) in [4.78, 5) is 10.6. The van der Waals surface area contributed by atoms with Crippen LogP contribution in [0.2, 0.25) is 0 Å². The molecule has 0 radical (unpaired) electrons. The zero-order valence-corrected chi connectivity index (χ0v) is 6.64. The third-order valence-corrected chi connectivity index (χ3v) is 0.786. The molecule has 0 saturated carbocycles. The summed E-state index contributed by atoms with van der Waals surface area (Å²) in [7, 11) is 0. The summed E-state index contributed by atoms with van der Waals surface area (Å²) in [5.41, 5.74) is 0.462. The van der Waals surface area contributed by atoms with Gasteiger partial charge in [0.25, 0.3) is 0 Å². The van der Waals surface area contributed by atoms with E-state index in [0.717, 1.165) is 6.42 Å². The molecule has 0 unspecified atom stereocenters. The van der Waals surface area contributed by atoms with Gasteiger partial charge in [-0.25, -0.2) is 4.79 Å². The molecule has 0 aliphatic carbocycles. The molecule has 0 fully saturated rings. The van der Waals surface area contributed by atoms with Crippen molar-refractivity contribution in [3.63, 3.8) is 0 Å². The highest BCUT2D eigenvalue weighted by Crippen LogP contribution is 1.91. The first-order valence-electron chi connectivity index (χ1n) is 3.01. The van der Waals surface area contributed by atoms with Crippen LogP contribution in [-0.2, 0) is 9.53 Å². The van der Waals surface area contributed by atoms with Crippen LogP contribution in [0.3, 0.4) is 0 Å². The molecule has 0 aliphatic heterocycles. The van der Waals surface area contributed by atoms with Gasteiger partial charge < -0.3 is 10.9 Å². The molecule has 0 atom stereocenters. The summed E-state index contributed by atoms with van der Waals surface area (Å²) in [5.74, 6) is -0.295. The number of carbonyl (C=O) groups is 1. The summed E-state index contributed by atoms with van der Waals surface area (Å²) in [6, 6.07) is 0. The molecular formula is C7H15NO2. The molecule has 0 spiro atoms. The average molecular weight is 145 g/mol. The minimum absolute atomic E-state index is 0. The van der Waals surface area contributed by atoms with Crippen molar-refractivity contribution < 1.29 is 9.53 Å². The van der Waals surface area contributed by atoms with E-state index in [1.54, 1.807) is 6.92 Å². The van der Waals surface area contributed by atoms with Gasteiger partial charge in [0.1, 0.15) is 0 Å². The van der Waals surface area contributed by atoms with E-state index in [2.05, 4.69) is 6.58 Å². The standard InChI is InChI=1S/C7H12O2.H3N/c1-4-5-9-7(8)6(2)3;/h2,4-5H2,1,3H3;1H3. The quantitative estimate of drug-likeness (QED) is 0.485. The summed E-state index contributed by atoms with van der Waals surface area (Å²) >= 11 is 0. The minimum atomic E-state index is -0.295. The fourth-order valence-corrected chi connectivity index (χ4v) is 0.318. The average Bonchev–Trinajstić information content (AvgIpc) is 1.82. The van der Waals surface area contributed by atoms with E-state index in [1.165, 1.54) is 0 Å². The maximum atomic E-state index is 10.6. The Labute approximate surface area is 61.7 Å². The van der Waals surface area contributed by atoms with Gasteiger partial charge in [-0.15, -0.1) is 0 Å². The van der Waals surface area contributed by atoms with E-state index >= 15 is 0 Å². The number of hydrogen-bond acceptors (Lipinski definition) is 3. The Morgan fingerprint density at radius 1 is 1.60 bits per heavy atom. The van der Waals surface area contributed by atoms with Crippen LogP contribution >= 0.6 is 0 Å². The summed E-state index contributed by atoms with van der Waals surface area (Å²) in [5, 5.41) is 0. The van der Waals surface area contributed by atoms with E-state index < -0.39 is 0 Å². The lowest BCUT2D eigenvalue weighted by Gasteiger charge is -1.99. The zero-order valence-electron chi connectivity index (χ0n) is 6.64. The molecule has 0 bridgehead atoms. The van der Waals surface area contributed by atoms with Gasteiger partial charge in [-0.2, -0.15) is 0 Å². The molecular weight excluding hydrogens is 130 g/mol. The highest BCUT2D eigenvalue weighted by atomic mass is 16.5. The number of hydrogen-bond donors (Lipinski definition) is 1. The van der Waals surface area contributed by atoms with Crippen molar-refractivity contribution in [3.8, 4) is 0 Å². The van der Waals surface area contributed by atoms with E-state index in [-0.39, 0.29) is 12.1 Å². The first kappa shape index (κ1) is 11.9. The lowest BCUT2D eigenvalue weighted by Crippen LogP contribution is -2.04. The Morgan fingerprint density at radius 3 is 2.40 bits per heavy atom. The Bertz CT molecular complexity index is 121. The van der Waals surface area contributed by atoms with E-state index in [0.29, 0.717) is 12.2 Å². The normalized spacial score (nSPS) is 7.80. The van der Waals surface area contributed by atoms with Gasteiger partial charge in [0.15, 0.2) is 0 Å². The topological polar surface area (TPSA) is 61.3 Å². The van der Waals surface area contributed by atoms with Gasteiger partial charge in [0, 0.05) is 5.57 Å². The number of ether oxygens (including phenoxy) is 1. The molecule has 0 heterocycles. The monoisotopic (exact) mass is 145 g/mol. The molecule has 0 saturated heterocycles. The highest BCUT2D eigenvalue weighted by molar-refractivity contribution is 5.86. The maximum Gasteiger partial charge on any atom is 0.333 e. The lowest BCUT2D eigenvalue weighted by atomic mass is 10.4. The second-order valence-corrected chi connectivity index (χ2v) is 1.92. The fraction of sp³-hybridized carbons (Fsp3) is 0.571. The van der Waals surface area contributed by atoms with Crippen molar-refractivity contribution in [1.82, 2.24) is 6.15 Å². The van der Waals surface area contributed by atoms with E-state index in [4.69, 9.17) is 4.74 Å². The largest absolute Gasteiger partial charge is 0.462 e. The van der Waals surface area contributed by atoms with Crippen LogP contribution in [0.25, 0.3) is 0 Å². The predicted octanol–water partition coefficient (Wildman–Crippen LogP) is 1.68. The predicted molar refractivity (Wildman–Crippen MR) is 41.1 cm³/mol. The molecule has 0 aromatic carbocycles. The second-order valence-electron chi connectivity index (χ2n) is 1.92. The molecule has 0 aliphatic rings. The van der Waals surface area contributed by atoms with Crippen LogP contribution in [0.1, 0.15) is 20.3 Å². The highest BCUT2D eigenvalue weighted by Gasteiger charge is 1.99. The van der Waals surface area contributed by atoms with Crippen molar-refractivity contribution >= 4 is 5.97 Å².